The fourth-order valence-electron chi connectivity index (χ4n) is 4.56. The molecule has 1 aliphatic carbocycles. The number of ether oxygens (including phenoxy) is 1. The van der Waals surface area contributed by atoms with Gasteiger partial charge in [0.05, 0.1) is 5.75 Å². The van der Waals surface area contributed by atoms with E-state index in [2.05, 4.69) is 37.7 Å². The van der Waals surface area contributed by atoms with Crippen molar-refractivity contribution in [2.45, 2.75) is 43.4 Å². The van der Waals surface area contributed by atoms with E-state index in [1.807, 2.05) is 12.1 Å². The zero-order valence-corrected chi connectivity index (χ0v) is 20.9. The highest BCUT2D eigenvalue weighted by molar-refractivity contribution is 7.97. The SMILES string of the molecule is O=P(O)(O)CS(=O)(=O)C[C@H]1O[C@@H](n2nnc3c(NC4Cc5ccccc5C4)nc(Cl)nc32)[C@H](O)[C@@H]1O. The molecular formula is C19H22ClN6O8PS. The molecule has 0 bridgehead atoms. The Morgan fingerprint density at radius 2 is 1.81 bits per heavy atom. The van der Waals surface area contributed by atoms with E-state index in [1.165, 1.54) is 11.1 Å². The van der Waals surface area contributed by atoms with Gasteiger partial charge >= 0.3 is 7.60 Å². The summed E-state index contributed by atoms with van der Waals surface area (Å²) in [6.07, 6.45) is -4.68. The predicted molar refractivity (Wildman–Crippen MR) is 126 cm³/mol. The number of rotatable bonds is 7. The fourth-order valence-corrected chi connectivity index (χ4v) is 7.97. The minimum atomic E-state index is -4.87. The maximum Gasteiger partial charge on any atom is 0.340 e. The number of benzene rings is 1. The smallest absolute Gasteiger partial charge is 0.340 e. The number of nitrogens with zero attached hydrogens (tertiary/aromatic N) is 5. The molecule has 3 aromatic rings. The molecule has 0 amide bonds. The summed E-state index contributed by atoms with van der Waals surface area (Å²) in [5.41, 5.74) is 1.31. The van der Waals surface area contributed by atoms with Crippen LogP contribution in [0.5, 0.6) is 0 Å². The van der Waals surface area contributed by atoms with Gasteiger partial charge in [-0.15, -0.1) is 5.10 Å². The van der Waals surface area contributed by atoms with Crippen LogP contribution < -0.4 is 5.32 Å². The van der Waals surface area contributed by atoms with E-state index >= 15 is 0 Å². The van der Waals surface area contributed by atoms with E-state index in [-0.39, 0.29) is 22.5 Å². The van der Waals surface area contributed by atoms with Gasteiger partial charge in [-0.1, -0.05) is 29.5 Å². The molecule has 1 fully saturated rings. The summed E-state index contributed by atoms with van der Waals surface area (Å²) in [5, 5.41) is 32.1. The van der Waals surface area contributed by atoms with Crippen molar-refractivity contribution in [3.8, 4) is 0 Å². The summed E-state index contributed by atoms with van der Waals surface area (Å²) in [5.74, 6) is -0.618. The molecule has 194 valence electrons. The normalized spacial score (nSPS) is 24.9. The topological polar surface area (TPSA) is 210 Å². The Bertz CT molecular complexity index is 1440. The van der Waals surface area contributed by atoms with Crippen LogP contribution in [-0.4, -0.2) is 89.0 Å². The van der Waals surface area contributed by atoms with Crippen molar-refractivity contribution < 1.29 is 37.7 Å². The lowest BCUT2D eigenvalue weighted by Crippen LogP contribution is -2.36. The number of aliphatic hydroxyl groups is 2. The fraction of sp³-hybridized carbons (Fsp3) is 0.474. The molecule has 1 aliphatic heterocycles. The van der Waals surface area contributed by atoms with Gasteiger partial charge in [0.2, 0.25) is 5.28 Å². The van der Waals surface area contributed by atoms with Crippen molar-refractivity contribution in [2.75, 3.05) is 16.6 Å². The summed E-state index contributed by atoms with van der Waals surface area (Å²) >= 11 is 6.14. The van der Waals surface area contributed by atoms with E-state index < -0.39 is 53.2 Å². The molecule has 0 spiro atoms. The Labute approximate surface area is 209 Å². The summed E-state index contributed by atoms with van der Waals surface area (Å²) in [6, 6.07) is 8.06. The van der Waals surface area contributed by atoms with Gasteiger partial charge in [0.1, 0.15) is 18.3 Å². The molecule has 36 heavy (non-hydrogen) atoms. The molecule has 1 aromatic carbocycles. The van der Waals surface area contributed by atoms with Crippen molar-refractivity contribution >= 4 is 46.0 Å². The van der Waals surface area contributed by atoms with Gasteiger partial charge in [0.25, 0.3) is 0 Å². The highest BCUT2D eigenvalue weighted by Crippen LogP contribution is 2.38. The lowest BCUT2D eigenvalue weighted by molar-refractivity contribution is -0.0375. The van der Waals surface area contributed by atoms with Crippen LogP contribution in [0.15, 0.2) is 24.3 Å². The summed E-state index contributed by atoms with van der Waals surface area (Å²) in [4.78, 5) is 26.3. The van der Waals surface area contributed by atoms with E-state index in [0.29, 0.717) is 5.82 Å². The number of nitrogens with one attached hydrogen (secondary N) is 1. The molecule has 3 heterocycles. The van der Waals surface area contributed by atoms with Crippen LogP contribution >= 0.6 is 19.2 Å². The predicted octanol–water partition coefficient (Wildman–Crippen LogP) is -0.377. The minimum Gasteiger partial charge on any atom is -0.387 e. The van der Waals surface area contributed by atoms with Gasteiger partial charge in [-0.2, -0.15) is 14.6 Å². The second-order valence-corrected chi connectivity index (χ2v) is 13.3. The monoisotopic (exact) mass is 560 g/mol. The number of halogens is 1. The van der Waals surface area contributed by atoms with Gasteiger partial charge in [-0.3, -0.25) is 4.57 Å². The maximum absolute atomic E-state index is 12.1. The van der Waals surface area contributed by atoms with E-state index in [9.17, 15) is 23.2 Å². The Morgan fingerprint density at radius 1 is 1.14 bits per heavy atom. The van der Waals surface area contributed by atoms with E-state index in [0.717, 1.165) is 17.5 Å². The molecule has 14 nitrogen and oxygen atoms in total. The average Bonchev–Trinajstić information content (AvgIpc) is 3.43. The van der Waals surface area contributed by atoms with Crippen LogP contribution in [0.2, 0.25) is 5.28 Å². The largest absolute Gasteiger partial charge is 0.387 e. The van der Waals surface area contributed by atoms with Gasteiger partial charge in [-0.25, -0.2) is 8.42 Å². The summed E-state index contributed by atoms with van der Waals surface area (Å²) in [7, 11) is -9.20. The van der Waals surface area contributed by atoms with Crippen molar-refractivity contribution in [1.29, 1.82) is 0 Å². The first-order valence-electron chi connectivity index (χ1n) is 10.8. The number of sulfone groups is 1. The number of aliphatic hydroxyl groups excluding tert-OH is 2. The Hall–Kier alpha value is -2.23. The summed E-state index contributed by atoms with van der Waals surface area (Å²) < 4.78 is 42.0. The molecule has 0 radical (unpaired) electrons. The molecular weight excluding hydrogens is 539 g/mol. The van der Waals surface area contributed by atoms with E-state index in [1.54, 1.807) is 0 Å². The van der Waals surface area contributed by atoms with Crippen LogP contribution in [0.1, 0.15) is 17.4 Å². The molecule has 0 unspecified atom stereocenters. The van der Waals surface area contributed by atoms with Gasteiger partial charge in [0, 0.05) is 6.04 Å². The van der Waals surface area contributed by atoms with Crippen LogP contribution in [0.3, 0.4) is 0 Å². The highest BCUT2D eigenvalue weighted by atomic mass is 35.5. The van der Waals surface area contributed by atoms with Crippen LogP contribution in [0.4, 0.5) is 5.82 Å². The van der Waals surface area contributed by atoms with E-state index in [4.69, 9.17) is 26.1 Å². The molecule has 4 atom stereocenters. The first kappa shape index (κ1) is 25.4. The number of hydrogen-bond acceptors (Lipinski definition) is 11. The molecule has 0 saturated carbocycles. The number of aromatic nitrogens is 5. The molecule has 2 aliphatic rings. The third-order valence-corrected chi connectivity index (χ3v) is 9.97. The zero-order chi connectivity index (χ0) is 25.8. The second-order valence-electron chi connectivity index (χ2n) is 8.82. The van der Waals surface area contributed by atoms with Crippen molar-refractivity contribution in [3.05, 3.63) is 40.7 Å². The van der Waals surface area contributed by atoms with Crippen molar-refractivity contribution in [2.24, 2.45) is 0 Å². The lowest BCUT2D eigenvalue weighted by Gasteiger charge is -2.16. The number of hydrogen-bond donors (Lipinski definition) is 5. The van der Waals surface area contributed by atoms with Crippen LogP contribution in [-0.2, 0) is 32.0 Å². The second kappa shape index (κ2) is 9.26. The molecule has 1 saturated heterocycles. The summed E-state index contributed by atoms with van der Waals surface area (Å²) in [6.45, 7) is 0. The number of anilines is 1. The van der Waals surface area contributed by atoms with Crippen LogP contribution in [0.25, 0.3) is 11.2 Å². The van der Waals surface area contributed by atoms with Gasteiger partial charge < -0.3 is 30.1 Å². The quantitative estimate of drug-likeness (QED) is 0.184. The lowest BCUT2D eigenvalue weighted by atomic mass is 10.1. The molecule has 17 heteroatoms. The average molecular weight is 561 g/mol. The molecule has 5 N–H and O–H groups in total. The first-order valence-corrected chi connectivity index (χ1v) is 14.8. The van der Waals surface area contributed by atoms with Crippen molar-refractivity contribution in [3.63, 3.8) is 0 Å². The first-order chi connectivity index (χ1) is 16.9. The third-order valence-electron chi connectivity index (χ3n) is 6.05. The molecule has 2 aromatic heterocycles. The number of fused-ring (bicyclic) bond motifs is 2. The van der Waals surface area contributed by atoms with Gasteiger partial charge in [0.15, 0.2) is 38.5 Å². The molecule has 5 rings (SSSR count). The third kappa shape index (κ3) is 5.10. The minimum absolute atomic E-state index is 0.0143. The van der Waals surface area contributed by atoms with Crippen molar-refractivity contribution in [1.82, 2.24) is 25.0 Å². The van der Waals surface area contributed by atoms with Gasteiger partial charge in [-0.05, 0) is 35.6 Å². The highest BCUT2D eigenvalue weighted by Gasteiger charge is 2.47. The van der Waals surface area contributed by atoms with Crippen LogP contribution in [0, 0.1) is 0 Å². The Balaban J connectivity index is 1.39. The Kier molecular flexibility index (Phi) is 6.54. The standard InChI is InChI=1S/C19H22ClN6O8PS/c20-19-22-16(21-11-5-9-3-1-2-4-10(9)6-11)13-17(23-19)26(25-24-13)18-15(28)14(27)12(34-18)7-36(32,33)8-35(29,30)31/h1-4,11-12,14-15,18,27-28H,5-8H2,(H,21,22,23)(H2,29,30,31)/t12-,14-,15-,18-/m1/s1. The Morgan fingerprint density at radius 3 is 2.44 bits per heavy atom. The maximum atomic E-state index is 12.1. The zero-order valence-electron chi connectivity index (χ0n) is 18.4.